The number of halogens is 1. The summed E-state index contributed by atoms with van der Waals surface area (Å²) in [5.41, 5.74) is 2.58. The molecule has 0 spiro atoms. The van der Waals surface area contributed by atoms with Crippen molar-refractivity contribution in [3.05, 3.63) is 34.8 Å². The molecule has 0 amide bonds. The van der Waals surface area contributed by atoms with Crippen LogP contribution in [0.4, 0.5) is 0 Å². The van der Waals surface area contributed by atoms with E-state index in [2.05, 4.69) is 15.0 Å². The highest BCUT2D eigenvalue weighted by Gasteiger charge is 2.13. The number of hydrogen-bond donors (Lipinski definition) is 1. The lowest BCUT2D eigenvalue weighted by atomic mass is 10.3. The number of fused-ring (bicyclic) bond motifs is 1. The number of rotatable bonds is 1. The summed E-state index contributed by atoms with van der Waals surface area (Å²) >= 11 is 5.93. The number of nitrogens with zero attached hydrogens (tertiary/aromatic N) is 2. The van der Waals surface area contributed by atoms with Crippen molar-refractivity contribution >= 4 is 22.6 Å². The van der Waals surface area contributed by atoms with Crippen LogP contribution in [0.5, 0.6) is 0 Å². The molecule has 0 atom stereocenters. The number of H-pyrrole nitrogens is 1. The van der Waals surface area contributed by atoms with E-state index in [0.29, 0.717) is 22.5 Å². The van der Waals surface area contributed by atoms with Crippen molar-refractivity contribution in [3.63, 3.8) is 0 Å². The molecule has 0 saturated carbocycles. The lowest BCUT2D eigenvalue weighted by Crippen LogP contribution is -1.80. The molecule has 4 nitrogen and oxygen atoms in total. The van der Waals surface area contributed by atoms with E-state index >= 15 is 0 Å². The van der Waals surface area contributed by atoms with Gasteiger partial charge >= 0.3 is 0 Å². The fourth-order valence-corrected chi connectivity index (χ4v) is 2.01. The third-order valence-electron chi connectivity index (χ3n) is 2.56. The molecule has 17 heavy (non-hydrogen) atoms. The molecule has 5 heteroatoms. The van der Waals surface area contributed by atoms with Gasteiger partial charge in [0.1, 0.15) is 0 Å². The van der Waals surface area contributed by atoms with Gasteiger partial charge < -0.3 is 9.40 Å². The van der Waals surface area contributed by atoms with Crippen molar-refractivity contribution in [2.75, 3.05) is 0 Å². The summed E-state index contributed by atoms with van der Waals surface area (Å²) in [5, 5.41) is 0.679. The van der Waals surface area contributed by atoms with E-state index in [1.807, 2.05) is 32.0 Å². The van der Waals surface area contributed by atoms with Crippen molar-refractivity contribution in [2.24, 2.45) is 0 Å². The topological polar surface area (TPSA) is 54.7 Å². The highest BCUT2D eigenvalue weighted by Crippen LogP contribution is 2.25. The van der Waals surface area contributed by atoms with Gasteiger partial charge in [-0.1, -0.05) is 11.6 Å². The van der Waals surface area contributed by atoms with Crippen LogP contribution in [-0.4, -0.2) is 15.0 Å². The fourth-order valence-electron chi connectivity index (χ4n) is 1.84. The standard InChI is InChI=1S/C12H10ClN3O/c1-6-11(17-7(2)14-6)12-15-9-4-3-8(13)5-10(9)16-12/h3-5H,1-2H3,(H,15,16). The summed E-state index contributed by atoms with van der Waals surface area (Å²) in [6, 6.07) is 5.52. The largest absolute Gasteiger partial charge is 0.437 e. The minimum atomic E-state index is 0.635. The van der Waals surface area contributed by atoms with Crippen LogP contribution in [0.3, 0.4) is 0 Å². The van der Waals surface area contributed by atoms with Crippen molar-refractivity contribution in [3.8, 4) is 11.6 Å². The molecule has 0 saturated heterocycles. The van der Waals surface area contributed by atoms with Crippen molar-refractivity contribution in [1.29, 1.82) is 0 Å². The molecule has 0 unspecified atom stereocenters. The number of imidazole rings is 1. The average molecular weight is 248 g/mol. The molecule has 2 aromatic heterocycles. The number of benzene rings is 1. The van der Waals surface area contributed by atoms with Crippen LogP contribution < -0.4 is 0 Å². The molecule has 86 valence electrons. The van der Waals surface area contributed by atoms with Crippen LogP contribution in [-0.2, 0) is 0 Å². The molecule has 0 aliphatic heterocycles. The predicted octanol–water partition coefficient (Wildman–Crippen LogP) is 3.49. The summed E-state index contributed by atoms with van der Waals surface area (Å²) in [7, 11) is 0. The summed E-state index contributed by atoms with van der Waals surface area (Å²) < 4.78 is 5.52. The van der Waals surface area contributed by atoms with Crippen LogP contribution in [0.1, 0.15) is 11.6 Å². The Morgan fingerprint density at radius 1 is 1.24 bits per heavy atom. The van der Waals surface area contributed by atoms with Gasteiger partial charge in [0.2, 0.25) is 0 Å². The quantitative estimate of drug-likeness (QED) is 0.716. The van der Waals surface area contributed by atoms with Gasteiger partial charge in [0.15, 0.2) is 17.5 Å². The van der Waals surface area contributed by atoms with Crippen LogP contribution in [0.15, 0.2) is 22.6 Å². The number of oxazole rings is 1. The molecular weight excluding hydrogens is 238 g/mol. The molecule has 0 aliphatic carbocycles. The first-order valence-corrected chi connectivity index (χ1v) is 5.61. The Kier molecular flexibility index (Phi) is 2.19. The zero-order valence-corrected chi connectivity index (χ0v) is 10.2. The number of aryl methyl sites for hydroxylation is 2. The first kappa shape index (κ1) is 10.4. The second-order valence-electron chi connectivity index (χ2n) is 3.89. The van der Waals surface area contributed by atoms with Gasteiger partial charge in [-0.25, -0.2) is 9.97 Å². The summed E-state index contributed by atoms with van der Waals surface area (Å²) in [6.07, 6.45) is 0. The van der Waals surface area contributed by atoms with Gasteiger partial charge in [-0.05, 0) is 25.1 Å². The van der Waals surface area contributed by atoms with Gasteiger partial charge in [0, 0.05) is 11.9 Å². The second kappa shape index (κ2) is 3.60. The monoisotopic (exact) mass is 247 g/mol. The normalized spacial score (nSPS) is 11.2. The minimum Gasteiger partial charge on any atom is -0.437 e. The first-order valence-electron chi connectivity index (χ1n) is 5.23. The molecule has 2 heterocycles. The smallest absolute Gasteiger partial charge is 0.192 e. The number of aromatic nitrogens is 3. The van der Waals surface area contributed by atoms with E-state index < -0.39 is 0 Å². The predicted molar refractivity (Wildman–Crippen MR) is 66.1 cm³/mol. The molecule has 1 N–H and O–H groups in total. The SMILES string of the molecule is Cc1nc(C)c(-c2nc3ccc(Cl)cc3[nH]2)o1. The summed E-state index contributed by atoms with van der Waals surface area (Å²) in [5.74, 6) is 1.99. The van der Waals surface area contributed by atoms with E-state index in [1.54, 1.807) is 0 Å². The second-order valence-corrected chi connectivity index (χ2v) is 4.33. The zero-order valence-electron chi connectivity index (χ0n) is 9.41. The Morgan fingerprint density at radius 3 is 2.76 bits per heavy atom. The van der Waals surface area contributed by atoms with Crippen molar-refractivity contribution in [2.45, 2.75) is 13.8 Å². The minimum absolute atomic E-state index is 0.635. The van der Waals surface area contributed by atoms with Gasteiger partial charge in [-0.15, -0.1) is 0 Å². The van der Waals surface area contributed by atoms with E-state index in [9.17, 15) is 0 Å². The lowest BCUT2D eigenvalue weighted by molar-refractivity contribution is 0.531. The molecule has 3 aromatic rings. The van der Waals surface area contributed by atoms with Gasteiger partial charge in [-0.3, -0.25) is 0 Å². The lowest BCUT2D eigenvalue weighted by Gasteiger charge is -1.89. The maximum atomic E-state index is 5.93. The maximum absolute atomic E-state index is 5.93. The Labute approximate surface area is 103 Å². The Morgan fingerprint density at radius 2 is 2.06 bits per heavy atom. The van der Waals surface area contributed by atoms with Crippen LogP contribution in [0, 0.1) is 13.8 Å². The average Bonchev–Trinajstić information content (AvgIpc) is 2.80. The Bertz CT molecular complexity index is 699. The maximum Gasteiger partial charge on any atom is 0.192 e. The van der Waals surface area contributed by atoms with Crippen LogP contribution in [0.2, 0.25) is 5.02 Å². The molecule has 0 bridgehead atoms. The third kappa shape index (κ3) is 1.70. The molecular formula is C12H10ClN3O. The van der Waals surface area contributed by atoms with E-state index in [4.69, 9.17) is 16.0 Å². The highest BCUT2D eigenvalue weighted by molar-refractivity contribution is 6.31. The van der Waals surface area contributed by atoms with E-state index in [-0.39, 0.29) is 0 Å². The Hall–Kier alpha value is -1.81. The third-order valence-corrected chi connectivity index (χ3v) is 2.80. The molecule has 0 radical (unpaired) electrons. The van der Waals surface area contributed by atoms with E-state index in [1.165, 1.54) is 0 Å². The number of hydrogen-bond acceptors (Lipinski definition) is 3. The summed E-state index contributed by atoms with van der Waals surface area (Å²) in [6.45, 7) is 3.71. The van der Waals surface area contributed by atoms with Crippen LogP contribution >= 0.6 is 11.6 Å². The Balaban J connectivity index is 2.21. The van der Waals surface area contributed by atoms with Gasteiger partial charge in [0.25, 0.3) is 0 Å². The number of nitrogens with one attached hydrogen (secondary N) is 1. The highest BCUT2D eigenvalue weighted by atomic mass is 35.5. The zero-order chi connectivity index (χ0) is 12.0. The first-order chi connectivity index (χ1) is 8.13. The van der Waals surface area contributed by atoms with Crippen LogP contribution in [0.25, 0.3) is 22.6 Å². The molecule has 0 fully saturated rings. The molecule has 3 rings (SSSR count). The number of aromatic amines is 1. The van der Waals surface area contributed by atoms with Crippen molar-refractivity contribution in [1.82, 2.24) is 15.0 Å². The van der Waals surface area contributed by atoms with Gasteiger partial charge in [-0.2, -0.15) is 0 Å². The fraction of sp³-hybridized carbons (Fsp3) is 0.167. The van der Waals surface area contributed by atoms with Crippen molar-refractivity contribution < 1.29 is 4.42 Å². The van der Waals surface area contributed by atoms with Gasteiger partial charge in [0.05, 0.1) is 16.7 Å². The van der Waals surface area contributed by atoms with E-state index in [0.717, 1.165) is 16.7 Å². The molecule has 0 aliphatic rings. The summed E-state index contributed by atoms with van der Waals surface area (Å²) in [4.78, 5) is 11.9. The molecule has 1 aromatic carbocycles.